The van der Waals surface area contributed by atoms with E-state index in [-0.39, 0.29) is 29.6 Å². The van der Waals surface area contributed by atoms with Crippen molar-refractivity contribution in [2.45, 2.75) is 46.8 Å². The number of nitrogens with zero attached hydrogens (tertiary/aromatic N) is 2. The molecule has 0 saturated carbocycles. The number of methoxy groups -OCH3 is 2. The summed E-state index contributed by atoms with van der Waals surface area (Å²) in [5.74, 6) is 0.493. The van der Waals surface area contributed by atoms with Crippen LogP contribution in [0.5, 0.6) is 23.0 Å². The van der Waals surface area contributed by atoms with Gasteiger partial charge in [0.15, 0.2) is 27.8 Å². The third-order valence-electron chi connectivity index (χ3n) is 6.18. The summed E-state index contributed by atoms with van der Waals surface area (Å²) in [6, 6.07) is 7.87. The molecule has 0 fully saturated rings. The van der Waals surface area contributed by atoms with Crippen LogP contribution in [0, 0.1) is 0 Å². The van der Waals surface area contributed by atoms with Crippen molar-refractivity contribution in [3.8, 4) is 23.0 Å². The minimum Gasteiger partial charge on any atom is -0.493 e. The number of hydrogen-bond donors (Lipinski definition) is 0. The number of fused-ring (bicyclic) bond motifs is 1. The van der Waals surface area contributed by atoms with Crippen molar-refractivity contribution in [1.82, 2.24) is 4.57 Å². The summed E-state index contributed by atoms with van der Waals surface area (Å²) in [7, 11) is 2.99. The molecular weight excluding hydrogens is 628 g/mol. The quantitative estimate of drug-likeness (QED) is 0.247. The Morgan fingerprint density at radius 2 is 1.83 bits per heavy atom. The number of rotatable bonds is 9. The molecule has 0 N–H and O–H groups in total. The second-order valence-corrected chi connectivity index (χ2v) is 11.4. The van der Waals surface area contributed by atoms with Crippen LogP contribution in [0.3, 0.4) is 0 Å². The molecule has 3 aromatic rings. The van der Waals surface area contributed by atoms with Crippen LogP contribution in [0.25, 0.3) is 6.08 Å². The number of aromatic nitrogens is 1. The van der Waals surface area contributed by atoms with E-state index in [9.17, 15) is 14.4 Å². The predicted octanol–water partition coefficient (Wildman–Crippen LogP) is 4.29. The molecule has 0 amide bonds. The van der Waals surface area contributed by atoms with Gasteiger partial charge in [0, 0.05) is 6.92 Å². The third kappa shape index (κ3) is 6.29. The highest BCUT2D eigenvalue weighted by molar-refractivity contribution is 9.10. The van der Waals surface area contributed by atoms with Gasteiger partial charge in [0.05, 0.1) is 53.2 Å². The second kappa shape index (κ2) is 13.0. The van der Waals surface area contributed by atoms with Crippen LogP contribution in [0.2, 0.25) is 0 Å². The average Bonchev–Trinajstić information content (AvgIpc) is 3.23. The van der Waals surface area contributed by atoms with Crippen molar-refractivity contribution < 1.29 is 33.3 Å². The fourth-order valence-electron chi connectivity index (χ4n) is 4.53. The predicted molar refractivity (Wildman–Crippen MR) is 161 cm³/mol. The Morgan fingerprint density at radius 1 is 1.12 bits per heavy atom. The van der Waals surface area contributed by atoms with E-state index in [0.29, 0.717) is 47.9 Å². The molecule has 0 aliphatic carbocycles. The molecule has 222 valence electrons. The maximum Gasteiger partial charge on any atom is 0.338 e. The summed E-state index contributed by atoms with van der Waals surface area (Å²) in [6.07, 6.45) is 1.61. The molecule has 10 nitrogen and oxygen atoms in total. The molecule has 1 atom stereocenters. The van der Waals surface area contributed by atoms with Gasteiger partial charge in [-0.05, 0) is 85.1 Å². The Balaban J connectivity index is 1.93. The number of halogens is 1. The molecular formula is C30H31BrN2O8S. The highest BCUT2D eigenvalue weighted by Gasteiger charge is 2.34. The van der Waals surface area contributed by atoms with Crippen molar-refractivity contribution in [3.63, 3.8) is 0 Å². The number of benzene rings is 2. The van der Waals surface area contributed by atoms with Gasteiger partial charge in [-0.3, -0.25) is 14.2 Å². The molecule has 0 radical (unpaired) electrons. The minimum atomic E-state index is -0.822. The van der Waals surface area contributed by atoms with Crippen molar-refractivity contribution >= 4 is 45.3 Å². The van der Waals surface area contributed by atoms with Crippen LogP contribution in [-0.2, 0) is 14.3 Å². The maximum absolute atomic E-state index is 14.0. The highest BCUT2D eigenvalue weighted by Crippen LogP contribution is 2.38. The average molecular weight is 660 g/mol. The van der Waals surface area contributed by atoms with Gasteiger partial charge in [0.25, 0.3) is 5.56 Å². The fourth-order valence-corrected chi connectivity index (χ4v) is 6.12. The first kappa shape index (κ1) is 31.0. The number of carbonyl (C=O) groups excluding carboxylic acids is 2. The van der Waals surface area contributed by atoms with E-state index in [0.717, 1.165) is 0 Å². The lowest BCUT2D eigenvalue weighted by atomic mass is 9.95. The number of allylic oxidation sites excluding steroid dienone is 1. The fraction of sp³-hybridized carbons (Fsp3) is 0.333. The van der Waals surface area contributed by atoms with Gasteiger partial charge in [-0.2, -0.15) is 0 Å². The van der Waals surface area contributed by atoms with Crippen molar-refractivity contribution in [1.29, 1.82) is 0 Å². The van der Waals surface area contributed by atoms with Gasteiger partial charge in [0.2, 0.25) is 0 Å². The highest BCUT2D eigenvalue weighted by atomic mass is 79.9. The molecule has 1 aliphatic heterocycles. The zero-order chi connectivity index (χ0) is 30.7. The Kier molecular flexibility index (Phi) is 9.57. The van der Waals surface area contributed by atoms with Crippen molar-refractivity contribution in [3.05, 3.63) is 76.9 Å². The standard InChI is InChI=1S/C30H31BrN2O8S/c1-8-39-29(36)25-16(4)32-30-33(26(25)19-9-10-21(40-15(2)3)22(14-19)37-6)28(35)24(42-30)13-18-11-20(31)27(41-17(5)34)23(12-18)38-7/h9-15,26H,8H2,1-7H3/b24-13+/t26-/m0/s1. The van der Waals surface area contributed by atoms with Gasteiger partial charge in [-0.15, -0.1) is 0 Å². The smallest absolute Gasteiger partial charge is 0.338 e. The van der Waals surface area contributed by atoms with E-state index < -0.39 is 18.0 Å². The zero-order valence-corrected chi connectivity index (χ0v) is 26.7. The van der Waals surface area contributed by atoms with Crippen molar-refractivity contribution in [2.75, 3.05) is 20.8 Å². The largest absolute Gasteiger partial charge is 0.493 e. The molecule has 0 spiro atoms. The van der Waals surface area contributed by atoms with E-state index in [1.54, 1.807) is 50.3 Å². The number of carbonyl (C=O) groups is 2. The van der Waals surface area contributed by atoms with Gasteiger partial charge in [0.1, 0.15) is 0 Å². The topological polar surface area (TPSA) is 115 Å². The lowest BCUT2D eigenvalue weighted by molar-refractivity contribution is -0.139. The first-order valence-electron chi connectivity index (χ1n) is 13.1. The van der Waals surface area contributed by atoms with Crippen LogP contribution in [0.4, 0.5) is 0 Å². The van der Waals surface area contributed by atoms with Crippen LogP contribution < -0.4 is 33.8 Å². The van der Waals surface area contributed by atoms with Gasteiger partial charge in [-0.25, -0.2) is 9.79 Å². The normalized spacial score (nSPS) is 14.8. The van der Waals surface area contributed by atoms with Crippen LogP contribution >= 0.6 is 27.3 Å². The molecule has 1 aliphatic rings. The summed E-state index contributed by atoms with van der Waals surface area (Å²) in [5, 5.41) is 0. The summed E-state index contributed by atoms with van der Waals surface area (Å²) in [4.78, 5) is 43.8. The van der Waals surface area contributed by atoms with Crippen LogP contribution in [0.1, 0.15) is 51.8 Å². The molecule has 0 bridgehead atoms. The maximum atomic E-state index is 14.0. The molecule has 42 heavy (non-hydrogen) atoms. The first-order valence-corrected chi connectivity index (χ1v) is 14.7. The van der Waals surface area contributed by atoms with Gasteiger partial charge < -0.3 is 23.7 Å². The molecule has 12 heteroatoms. The van der Waals surface area contributed by atoms with E-state index in [1.165, 1.54) is 37.0 Å². The molecule has 0 saturated heterocycles. The Hall–Kier alpha value is -3.90. The van der Waals surface area contributed by atoms with Gasteiger partial charge >= 0.3 is 11.9 Å². The number of ether oxygens (including phenoxy) is 5. The van der Waals surface area contributed by atoms with E-state index in [1.807, 2.05) is 13.8 Å². The van der Waals surface area contributed by atoms with E-state index >= 15 is 0 Å². The number of hydrogen-bond acceptors (Lipinski definition) is 10. The number of esters is 2. The summed E-state index contributed by atoms with van der Waals surface area (Å²) >= 11 is 4.61. The summed E-state index contributed by atoms with van der Waals surface area (Å²) < 4.78 is 29.9. The Bertz CT molecular complexity index is 1760. The monoisotopic (exact) mass is 658 g/mol. The zero-order valence-electron chi connectivity index (χ0n) is 24.3. The minimum absolute atomic E-state index is 0.0820. The van der Waals surface area contributed by atoms with E-state index in [4.69, 9.17) is 23.7 Å². The molecule has 2 heterocycles. The van der Waals surface area contributed by atoms with Crippen molar-refractivity contribution in [2.24, 2.45) is 4.99 Å². The van der Waals surface area contributed by atoms with Gasteiger partial charge in [-0.1, -0.05) is 17.4 Å². The third-order valence-corrected chi connectivity index (χ3v) is 7.75. The number of thiazole rings is 1. The molecule has 4 rings (SSSR count). The van der Waals surface area contributed by atoms with E-state index in [2.05, 4.69) is 20.9 Å². The Morgan fingerprint density at radius 3 is 2.45 bits per heavy atom. The molecule has 1 aromatic heterocycles. The summed E-state index contributed by atoms with van der Waals surface area (Å²) in [6.45, 7) is 8.72. The SMILES string of the molecule is CCOC(=O)C1=C(C)N=c2s/c(=C/c3cc(Br)c(OC(C)=O)c(OC)c3)c(=O)n2[C@H]1c1ccc(OC(C)C)c(OC)c1. The second-order valence-electron chi connectivity index (χ2n) is 9.51. The molecule has 0 unspecified atom stereocenters. The first-order chi connectivity index (χ1) is 20.0. The Labute approximate surface area is 255 Å². The van der Waals surface area contributed by atoms with Crippen LogP contribution in [-0.4, -0.2) is 43.4 Å². The lowest BCUT2D eigenvalue weighted by Gasteiger charge is -2.25. The molecule has 2 aromatic carbocycles. The van der Waals surface area contributed by atoms with Crippen LogP contribution in [0.15, 0.2) is 55.9 Å². The summed E-state index contributed by atoms with van der Waals surface area (Å²) in [5.41, 5.74) is 1.60. The lowest BCUT2D eigenvalue weighted by Crippen LogP contribution is -2.40.